The van der Waals surface area contributed by atoms with Crippen LogP contribution in [0, 0.1) is 11.3 Å². The van der Waals surface area contributed by atoms with E-state index in [1.807, 2.05) is 0 Å². The molecule has 0 aliphatic carbocycles. The summed E-state index contributed by atoms with van der Waals surface area (Å²) in [6.45, 7) is -0.0358. The molecule has 1 aliphatic heterocycles. The van der Waals surface area contributed by atoms with E-state index in [0.29, 0.717) is 17.0 Å². The third-order valence-corrected chi connectivity index (χ3v) is 2.64. The van der Waals surface area contributed by atoms with Gasteiger partial charge in [-0.2, -0.15) is 5.26 Å². The molecule has 1 aliphatic rings. The van der Waals surface area contributed by atoms with E-state index < -0.39 is 12.2 Å². The van der Waals surface area contributed by atoms with Gasteiger partial charge in [-0.05, 0) is 17.7 Å². The molecule has 0 aromatic heterocycles. The number of nitrogens with zero attached hydrogens (tertiary/aromatic N) is 1. The van der Waals surface area contributed by atoms with E-state index in [9.17, 15) is 15.0 Å². The summed E-state index contributed by atoms with van der Waals surface area (Å²) < 4.78 is 5.17. The molecule has 1 aromatic rings. The van der Waals surface area contributed by atoms with Crippen molar-refractivity contribution in [1.29, 1.82) is 5.26 Å². The molecule has 0 radical (unpaired) electrons. The van der Waals surface area contributed by atoms with Crippen LogP contribution in [0.1, 0.15) is 18.1 Å². The maximum atomic E-state index is 11.2. The molecule has 0 saturated carbocycles. The van der Waals surface area contributed by atoms with Gasteiger partial charge in [0.1, 0.15) is 11.9 Å². The fourth-order valence-electron chi connectivity index (χ4n) is 1.71. The van der Waals surface area contributed by atoms with E-state index in [1.165, 1.54) is 6.07 Å². The number of anilines is 1. The zero-order chi connectivity index (χ0) is 13.1. The molecular weight excluding hydrogens is 236 g/mol. The molecule has 2 rings (SSSR count). The molecule has 0 spiro atoms. The monoisotopic (exact) mass is 248 g/mol. The van der Waals surface area contributed by atoms with E-state index in [4.69, 9.17) is 10.00 Å². The fourth-order valence-corrected chi connectivity index (χ4v) is 1.71. The number of rotatable bonds is 3. The number of carbonyl (C=O) groups is 1. The third-order valence-electron chi connectivity index (χ3n) is 2.64. The number of nitriles is 1. The smallest absolute Gasteiger partial charge is 0.262 e. The highest BCUT2D eigenvalue weighted by molar-refractivity contribution is 5.95. The van der Waals surface area contributed by atoms with Crippen molar-refractivity contribution in [2.45, 2.75) is 18.6 Å². The summed E-state index contributed by atoms with van der Waals surface area (Å²) in [5.74, 6) is 0.243. The van der Waals surface area contributed by atoms with Crippen LogP contribution in [0.5, 0.6) is 5.75 Å². The minimum Gasteiger partial charge on any atom is -0.482 e. The average Bonchev–Trinajstić information content (AvgIpc) is 2.37. The van der Waals surface area contributed by atoms with Crippen molar-refractivity contribution in [3.8, 4) is 11.8 Å². The van der Waals surface area contributed by atoms with Crippen molar-refractivity contribution < 1.29 is 19.7 Å². The number of nitrogens with one attached hydrogen (secondary N) is 1. The summed E-state index contributed by atoms with van der Waals surface area (Å²) in [7, 11) is 0. The Labute approximate surface area is 103 Å². The molecule has 0 fully saturated rings. The highest BCUT2D eigenvalue weighted by Crippen LogP contribution is 2.31. The van der Waals surface area contributed by atoms with Crippen molar-refractivity contribution in [1.82, 2.24) is 0 Å². The highest BCUT2D eigenvalue weighted by Gasteiger charge is 2.21. The second-order valence-electron chi connectivity index (χ2n) is 3.97. The SMILES string of the molecule is N#CCC(O)C(O)c1ccc2c(c1)NC(=O)CO2. The Morgan fingerprint density at radius 3 is 3.00 bits per heavy atom. The van der Waals surface area contributed by atoms with Crippen LogP contribution in [0.4, 0.5) is 5.69 Å². The number of hydrogen-bond donors (Lipinski definition) is 3. The summed E-state index contributed by atoms with van der Waals surface area (Å²) >= 11 is 0. The predicted molar refractivity (Wildman–Crippen MR) is 61.8 cm³/mol. The van der Waals surface area contributed by atoms with E-state index >= 15 is 0 Å². The van der Waals surface area contributed by atoms with E-state index in [-0.39, 0.29) is 18.9 Å². The molecule has 6 heteroatoms. The van der Waals surface area contributed by atoms with Gasteiger partial charge in [-0.15, -0.1) is 0 Å². The second kappa shape index (κ2) is 5.04. The molecule has 2 atom stereocenters. The first-order chi connectivity index (χ1) is 8.61. The standard InChI is InChI=1S/C12H12N2O4/c13-4-3-9(15)12(17)7-1-2-10-8(5-7)14-11(16)6-18-10/h1-2,5,9,12,15,17H,3,6H2,(H,14,16). The minimum atomic E-state index is -1.17. The van der Waals surface area contributed by atoms with Gasteiger partial charge in [-0.25, -0.2) is 0 Å². The normalized spacial score (nSPS) is 16.8. The lowest BCUT2D eigenvalue weighted by Crippen LogP contribution is -2.26. The number of fused-ring (bicyclic) bond motifs is 1. The summed E-state index contributed by atoms with van der Waals surface area (Å²) in [5, 5.41) is 30.4. The number of aliphatic hydroxyl groups excluding tert-OH is 2. The van der Waals surface area contributed by atoms with Crippen molar-refractivity contribution in [3.05, 3.63) is 23.8 Å². The molecule has 94 valence electrons. The van der Waals surface area contributed by atoms with Crippen LogP contribution in [0.3, 0.4) is 0 Å². The number of aliphatic hydroxyl groups is 2. The molecule has 3 N–H and O–H groups in total. The van der Waals surface area contributed by atoms with E-state index in [2.05, 4.69) is 5.32 Å². The van der Waals surface area contributed by atoms with Crippen LogP contribution in [0.25, 0.3) is 0 Å². The Balaban J connectivity index is 2.23. The highest BCUT2D eigenvalue weighted by atomic mass is 16.5. The number of amides is 1. The van der Waals surface area contributed by atoms with Crippen LogP contribution < -0.4 is 10.1 Å². The van der Waals surface area contributed by atoms with Crippen LogP contribution in [0.2, 0.25) is 0 Å². The molecule has 6 nitrogen and oxygen atoms in total. The number of hydrogen-bond acceptors (Lipinski definition) is 5. The quantitative estimate of drug-likeness (QED) is 0.715. The molecule has 0 bridgehead atoms. The minimum absolute atomic E-state index is 0.0358. The van der Waals surface area contributed by atoms with Gasteiger partial charge in [0.2, 0.25) is 0 Å². The second-order valence-corrected chi connectivity index (χ2v) is 3.97. The van der Waals surface area contributed by atoms with Crippen molar-refractivity contribution in [2.75, 3.05) is 11.9 Å². The predicted octanol–water partition coefficient (Wildman–Crippen LogP) is 0.325. The summed E-state index contributed by atoms with van der Waals surface area (Å²) in [5.41, 5.74) is 0.870. The topological polar surface area (TPSA) is 103 Å². The number of ether oxygens (including phenoxy) is 1. The first kappa shape index (κ1) is 12.4. The lowest BCUT2D eigenvalue weighted by molar-refractivity contribution is -0.118. The van der Waals surface area contributed by atoms with E-state index in [1.54, 1.807) is 18.2 Å². The summed E-state index contributed by atoms with van der Waals surface area (Å²) in [6.07, 6.45) is -2.50. The van der Waals surface area contributed by atoms with Gasteiger partial charge in [-0.3, -0.25) is 4.79 Å². The molecule has 1 heterocycles. The van der Waals surface area contributed by atoms with Gasteiger partial charge in [0.25, 0.3) is 5.91 Å². The molecule has 1 aromatic carbocycles. The molecule has 1 amide bonds. The largest absolute Gasteiger partial charge is 0.482 e. The van der Waals surface area contributed by atoms with Crippen LogP contribution in [0.15, 0.2) is 18.2 Å². The van der Waals surface area contributed by atoms with Gasteiger partial charge in [0.15, 0.2) is 6.61 Å². The molecule has 2 unspecified atom stereocenters. The van der Waals surface area contributed by atoms with E-state index in [0.717, 1.165) is 0 Å². The maximum absolute atomic E-state index is 11.2. The molecular formula is C12H12N2O4. The zero-order valence-electron chi connectivity index (χ0n) is 9.46. The summed E-state index contributed by atoms with van der Waals surface area (Å²) in [4.78, 5) is 11.2. The third kappa shape index (κ3) is 2.42. The maximum Gasteiger partial charge on any atom is 0.262 e. The number of carbonyl (C=O) groups excluding carboxylic acids is 1. The molecule has 0 saturated heterocycles. The lowest BCUT2D eigenvalue weighted by Gasteiger charge is -2.21. The van der Waals surface area contributed by atoms with Gasteiger partial charge in [0, 0.05) is 0 Å². The summed E-state index contributed by atoms with van der Waals surface area (Å²) in [6, 6.07) is 6.50. The zero-order valence-corrected chi connectivity index (χ0v) is 9.46. The first-order valence-corrected chi connectivity index (χ1v) is 5.41. The van der Waals surface area contributed by atoms with Crippen molar-refractivity contribution in [2.24, 2.45) is 0 Å². The van der Waals surface area contributed by atoms with Gasteiger partial charge < -0.3 is 20.3 Å². The Bertz CT molecular complexity index is 509. The van der Waals surface area contributed by atoms with Crippen LogP contribution >= 0.6 is 0 Å². The van der Waals surface area contributed by atoms with Gasteiger partial charge in [0.05, 0.1) is 24.3 Å². The van der Waals surface area contributed by atoms with Crippen molar-refractivity contribution in [3.63, 3.8) is 0 Å². The van der Waals surface area contributed by atoms with Crippen LogP contribution in [-0.2, 0) is 4.79 Å². The van der Waals surface area contributed by atoms with Crippen LogP contribution in [-0.4, -0.2) is 28.8 Å². The fraction of sp³-hybridized carbons (Fsp3) is 0.333. The molecule has 18 heavy (non-hydrogen) atoms. The van der Waals surface area contributed by atoms with Crippen molar-refractivity contribution >= 4 is 11.6 Å². The first-order valence-electron chi connectivity index (χ1n) is 5.41. The van der Waals surface area contributed by atoms with Gasteiger partial charge >= 0.3 is 0 Å². The number of benzene rings is 1. The Hall–Kier alpha value is -2.10. The Morgan fingerprint density at radius 2 is 2.28 bits per heavy atom. The Morgan fingerprint density at radius 1 is 1.50 bits per heavy atom. The average molecular weight is 248 g/mol. The van der Waals surface area contributed by atoms with Gasteiger partial charge in [-0.1, -0.05) is 6.07 Å². The Kier molecular flexibility index (Phi) is 3.46. The lowest BCUT2D eigenvalue weighted by atomic mass is 10.0.